The number of nitrogens with two attached hydrogens (primary N) is 1. The van der Waals surface area contributed by atoms with Crippen molar-refractivity contribution in [2.24, 2.45) is 0 Å². The number of nitrogen functional groups attached to an aromatic ring is 1. The topological polar surface area (TPSA) is 67.4 Å². The van der Waals surface area contributed by atoms with E-state index in [9.17, 15) is 4.79 Å². The van der Waals surface area contributed by atoms with Crippen LogP contribution >= 0.6 is 0 Å². The van der Waals surface area contributed by atoms with Gasteiger partial charge in [-0.2, -0.15) is 5.10 Å². The summed E-state index contributed by atoms with van der Waals surface area (Å²) in [6, 6.07) is 6.94. The molecule has 2 heterocycles. The van der Waals surface area contributed by atoms with Crippen molar-refractivity contribution in [3.8, 4) is 0 Å². The first-order chi connectivity index (χ1) is 12.0. The number of rotatable bonds is 3. The van der Waals surface area contributed by atoms with E-state index >= 15 is 0 Å². The number of fused-ring (bicyclic) bond motifs is 1. The second-order valence-corrected chi connectivity index (χ2v) is 7.31. The van der Waals surface area contributed by atoms with Gasteiger partial charge in [0.15, 0.2) is 0 Å². The highest BCUT2D eigenvalue weighted by Gasteiger charge is 2.37. The first-order valence-corrected chi connectivity index (χ1v) is 9.00. The van der Waals surface area contributed by atoms with Crippen molar-refractivity contribution >= 4 is 23.1 Å². The molecule has 6 heteroatoms. The minimum absolute atomic E-state index is 0.0632. The fourth-order valence-corrected chi connectivity index (χ4v) is 3.73. The summed E-state index contributed by atoms with van der Waals surface area (Å²) in [5.74, 6) is 0.380. The van der Waals surface area contributed by atoms with Gasteiger partial charge in [-0.1, -0.05) is 12.1 Å². The van der Waals surface area contributed by atoms with Crippen LogP contribution in [0.4, 0.5) is 17.2 Å². The maximum absolute atomic E-state index is 13.2. The molecule has 2 aromatic rings. The Labute approximate surface area is 148 Å². The van der Waals surface area contributed by atoms with Gasteiger partial charge in [0.1, 0.15) is 11.4 Å². The van der Waals surface area contributed by atoms with Gasteiger partial charge in [0.05, 0.1) is 17.6 Å². The average molecular weight is 339 g/mol. The molecule has 132 valence electrons. The maximum atomic E-state index is 13.2. The summed E-state index contributed by atoms with van der Waals surface area (Å²) in [6.45, 7) is 7.67. The lowest BCUT2D eigenvalue weighted by atomic mass is 10.1. The number of hydrogen-bond acceptors (Lipinski definition) is 4. The van der Waals surface area contributed by atoms with Crippen molar-refractivity contribution in [1.82, 2.24) is 9.78 Å². The van der Waals surface area contributed by atoms with E-state index in [1.807, 2.05) is 30.9 Å². The highest BCUT2D eigenvalue weighted by atomic mass is 16.2. The molecule has 2 aliphatic rings. The molecule has 1 aromatic heterocycles. The van der Waals surface area contributed by atoms with Crippen molar-refractivity contribution in [2.45, 2.75) is 45.7 Å². The molecule has 0 bridgehead atoms. The summed E-state index contributed by atoms with van der Waals surface area (Å²) < 4.78 is 1.70. The number of carbonyl (C=O) groups is 1. The Morgan fingerprint density at radius 2 is 2.04 bits per heavy atom. The average Bonchev–Trinajstić information content (AvgIpc) is 3.35. The number of amides is 1. The van der Waals surface area contributed by atoms with Crippen LogP contribution < -0.4 is 15.5 Å². The molecule has 2 N–H and O–H groups in total. The largest absolute Gasteiger partial charge is 0.383 e. The lowest BCUT2D eigenvalue weighted by Gasteiger charge is -2.39. The lowest BCUT2D eigenvalue weighted by Crippen LogP contribution is -2.45. The molecule has 25 heavy (non-hydrogen) atoms. The van der Waals surface area contributed by atoms with Gasteiger partial charge in [-0.3, -0.25) is 4.79 Å². The highest BCUT2D eigenvalue weighted by molar-refractivity contribution is 6.11. The normalized spacial score (nSPS) is 17.1. The van der Waals surface area contributed by atoms with E-state index in [2.05, 4.69) is 23.0 Å². The predicted octanol–water partition coefficient (Wildman–Crippen LogP) is 2.98. The molecule has 1 saturated carbocycles. The van der Waals surface area contributed by atoms with Gasteiger partial charge in [0, 0.05) is 25.2 Å². The molecule has 0 radical (unpaired) electrons. The highest BCUT2D eigenvalue weighted by Crippen LogP contribution is 2.42. The van der Waals surface area contributed by atoms with Crippen molar-refractivity contribution in [2.75, 3.05) is 28.6 Å². The van der Waals surface area contributed by atoms with Gasteiger partial charge in [-0.15, -0.1) is 0 Å². The van der Waals surface area contributed by atoms with Gasteiger partial charge in [0.2, 0.25) is 0 Å². The van der Waals surface area contributed by atoms with Crippen LogP contribution in [-0.2, 0) is 0 Å². The summed E-state index contributed by atoms with van der Waals surface area (Å²) in [5.41, 5.74) is 10.1. The first-order valence-electron chi connectivity index (χ1n) is 9.00. The first kappa shape index (κ1) is 16.0. The van der Waals surface area contributed by atoms with Gasteiger partial charge < -0.3 is 15.5 Å². The Kier molecular flexibility index (Phi) is 3.71. The van der Waals surface area contributed by atoms with Crippen molar-refractivity contribution in [1.29, 1.82) is 0 Å². The molecule has 1 aliphatic carbocycles. The standard InChI is InChI=1S/C19H25N5O/c1-12(2)24-18(20)15(11-21-24)19(25)23-10-9-22(14-7-8-14)17-13(3)5-4-6-16(17)23/h4-6,11-12,14H,7-10,20H2,1-3H3. The maximum Gasteiger partial charge on any atom is 0.263 e. The number of anilines is 3. The smallest absolute Gasteiger partial charge is 0.263 e. The fraction of sp³-hybridized carbons (Fsp3) is 0.474. The molecule has 0 atom stereocenters. The summed E-state index contributed by atoms with van der Waals surface area (Å²) in [7, 11) is 0. The van der Waals surface area contributed by atoms with Crippen LogP contribution in [0.1, 0.15) is 48.7 Å². The minimum atomic E-state index is -0.0632. The Bertz CT molecular complexity index is 821. The van der Waals surface area contributed by atoms with E-state index in [-0.39, 0.29) is 11.9 Å². The number of aryl methyl sites for hydroxylation is 1. The third kappa shape index (κ3) is 2.56. The lowest BCUT2D eigenvalue weighted by molar-refractivity contribution is 0.0987. The van der Waals surface area contributed by atoms with Crippen LogP contribution in [0.3, 0.4) is 0 Å². The van der Waals surface area contributed by atoms with Gasteiger partial charge in [-0.05, 0) is 45.2 Å². The van der Waals surface area contributed by atoms with Crippen LogP contribution in [-0.4, -0.2) is 34.8 Å². The molecule has 4 rings (SSSR count). The summed E-state index contributed by atoms with van der Waals surface area (Å²) in [5, 5.41) is 4.29. The SMILES string of the molecule is Cc1cccc2c1N(C1CC1)CCN2C(=O)c1cnn(C(C)C)c1N. The summed E-state index contributed by atoms with van der Waals surface area (Å²) >= 11 is 0. The van der Waals surface area contributed by atoms with Crippen LogP contribution in [0.2, 0.25) is 0 Å². The van der Waals surface area contributed by atoms with E-state index in [0.29, 0.717) is 24.0 Å². The van der Waals surface area contributed by atoms with E-state index < -0.39 is 0 Å². The third-order valence-corrected chi connectivity index (χ3v) is 5.15. The second-order valence-electron chi connectivity index (χ2n) is 7.31. The monoisotopic (exact) mass is 339 g/mol. The molecule has 6 nitrogen and oxygen atoms in total. The molecule has 0 unspecified atom stereocenters. The third-order valence-electron chi connectivity index (χ3n) is 5.15. The number of benzene rings is 1. The molecular weight excluding hydrogens is 314 g/mol. The number of aromatic nitrogens is 2. The zero-order chi connectivity index (χ0) is 17.7. The van der Waals surface area contributed by atoms with Crippen LogP contribution in [0.5, 0.6) is 0 Å². The Morgan fingerprint density at radius 1 is 1.28 bits per heavy atom. The molecule has 0 spiro atoms. The number of hydrogen-bond donors (Lipinski definition) is 1. The number of nitrogens with zero attached hydrogens (tertiary/aromatic N) is 4. The summed E-state index contributed by atoms with van der Waals surface area (Å²) in [4.78, 5) is 17.5. The molecule has 1 aromatic carbocycles. The van der Waals surface area contributed by atoms with Crippen molar-refractivity contribution in [3.05, 3.63) is 35.5 Å². The quantitative estimate of drug-likeness (QED) is 0.933. The number of para-hydroxylation sites is 1. The zero-order valence-electron chi connectivity index (χ0n) is 15.1. The molecule has 1 aliphatic heterocycles. The number of carbonyl (C=O) groups excluding carboxylic acids is 1. The Hall–Kier alpha value is -2.50. The van der Waals surface area contributed by atoms with E-state index in [1.165, 1.54) is 24.1 Å². The second kappa shape index (κ2) is 5.79. The van der Waals surface area contributed by atoms with Gasteiger partial charge in [-0.25, -0.2) is 4.68 Å². The van der Waals surface area contributed by atoms with Crippen LogP contribution in [0.15, 0.2) is 24.4 Å². The Morgan fingerprint density at radius 3 is 2.68 bits per heavy atom. The summed E-state index contributed by atoms with van der Waals surface area (Å²) in [6.07, 6.45) is 4.09. The van der Waals surface area contributed by atoms with E-state index in [1.54, 1.807) is 10.9 Å². The van der Waals surface area contributed by atoms with Crippen LogP contribution in [0.25, 0.3) is 0 Å². The van der Waals surface area contributed by atoms with E-state index in [4.69, 9.17) is 5.73 Å². The Balaban J connectivity index is 1.73. The van der Waals surface area contributed by atoms with Crippen LogP contribution in [0, 0.1) is 6.92 Å². The van der Waals surface area contributed by atoms with Gasteiger partial charge in [0.25, 0.3) is 5.91 Å². The molecule has 0 saturated heterocycles. The predicted molar refractivity (Wildman–Crippen MR) is 100 cm³/mol. The fourth-order valence-electron chi connectivity index (χ4n) is 3.73. The molecular formula is C19H25N5O. The minimum Gasteiger partial charge on any atom is -0.383 e. The van der Waals surface area contributed by atoms with Crippen molar-refractivity contribution in [3.63, 3.8) is 0 Å². The van der Waals surface area contributed by atoms with Crippen molar-refractivity contribution < 1.29 is 4.79 Å². The van der Waals surface area contributed by atoms with Gasteiger partial charge >= 0.3 is 0 Å². The van der Waals surface area contributed by atoms with E-state index in [0.717, 1.165) is 12.2 Å². The zero-order valence-corrected chi connectivity index (χ0v) is 15.1. The molecule has 1 amide bonds. The molecule has 1 fully saturated rings.